The average molecular weight is 475 g/mol. The van der Waals surface area contributed by atoms with Crippen LogP contribution in [0.5, 0.6) is 0 Å². The maximum absolute atomic E-state index is 12.1. The minimum Gasteiger partial charge on any atom is -0.503 e. The molecule has 0 fully saturated rings. The zero-order chi connectivity index (χ0) is 21.8. The Morgan fingerprint density at radius 3 is 2.40 bits per heavy atom. The van der Waals surface area contributed by atoms with Crippen LogP contribution in [0.3, 0.4) is 0 Å². The number of ether oxygens (including phenoxy) is 2. The molecule has 0 aromatic heterocycles. The van der Waals surface area contributed by atoms with Gasteiger partial charge in [0.2, 0.25) is 0 Å². The van der Waals surface area contributed by atoms with Gasteiger partial charge in [0, 0.05) is 10.0 Å². The Morgan fingerprint density at radius 2 is 1.73 bits per heavy atom. The fourth-order valence-corrected chi connectivity index (χ4v) is 2.86. The molecule has 0 spiro atoms. The zero-order valence-corrected chi connectivity index (χ0v) is 18.5. The second-order valence-corrected chi connectivity index (χ2v) is 6.87. The number of hydrogen-bond donors (Lipinski definition) is 0. The fourth-order valence-electron chi connectivity index (χ4n) is 2.60. The number of carbonyl (C=O) groups excluding carboxylic acids is 1. The van der Waals surface area contributed by atoms with E-state index in [2.05, 4.69) is 26.2 Å². The van der Waals surface area contributed by atoms with E-state index in [1.54, 1.807) is 18.5 Å². The van der Waals surface area contributed by atoms with Crippen LogP contribution in [-0.2, 0) is 30.6 Å². The van der Waals surface area contributed by atoms with E-state index in [0.717, 1.165) is 15.6 Å². The number of halogens is 1. The van der Waals surface area contributed by atoms with Crippen molar-refractivity contribution in [3.05, 3.63) is 76.0 Å². The molecule has 0 bridgehead atoms. The van der Waals surface area contributed by atoms with Crippen molar-refractivity contribution < 1.29 is 23.9 Å². The standard InChI is InChI=1S/C22H23BrN2O5/c1-27-15-21(22(26)28-2)20-7-5-4-6-17(20)14-30-25-13-18(12-24-29-3)16-8-10-19(23)11-9-16/h4-13,15,18H,14H2,1-3H3. The van der Waals surface area contributed by atoms with Crippen LogP contribution in [0.4, 0.5) is 0 Å². The molecule has 30 heavy (non-hydrogen) atoms. The summed E-state index contributed by atoms with van der Waals surface area (Å²) in [5.41, 5.74) is 2.67. The summed E-state index contributed by atoms with van der Waals surface area (Å²) in [5.74, 6) is -0.730. The number of carbonyl (C=O) groups is 1. The van der Waals surface area contributed by atoms with Crippen LogP contribution < -0.4 is 0 Å². The van der Waals surface area contributed by atoms with Crippen molar-refractivity contribution in [2.75, 3.05) is 21.3 Å². The molecule has 2 rings (SSSR count). The van der Waals surface area contributed by atoms with Gasteiger partial charge in [0.05, 0.1) is 38.8 Å². The van der Waals surface area contributed by atoms with Crippen LogP contribution in [0.2, 0.25) is 0 Å². The van der Waals surface area contributed by atoms with Crippen molar-refractivity contribution in [3.8, 4) is 0 Å². The van der Waals surface area contributed by atoms with Crippen LogP contribution in [0.1, 0.15) is 22.6 Å². The maximum Gasteiger partial charge on any atom is 0.341 e. The van der Waals surface area contributed by atoms with Crippen LogP contribution >= 0.6 is 15.9 Å². The molecule has 8 heteroatoms. The Kier molecular flexibility index (Phi) is 9.60. The molecule has 0 amide bonds. The third-order valence-corrected chi connectivity index (χ3v) is 4.58. The van der Waals surface area contributed by atoms with Crippen molar-refractivity contribution in [2.45, 2.75) is 12.5 Å². The van der Waals surface area contributed by atoms with E-state index in [4.69, 9.17) is 19.1 Å². The van der Waals surface area contributed by atoms with Gasteiger partial charge < -0.3 is 19.1 Å². The minimum absolute atomic E-state index is 0.152. The van der Waals surface area contributed by atoms with E-state index in [0.29, 0.717) is 11.1 Å². The predicted octanol–water partition coefficient (Wildman–Crippen LogP) is 4.53. The van der Waals surface area contributed by atoms with Crippen LogP contribution in [0.15, 0.2) is 69.6 Å². The first-order chi connectivity index (χ1) is 14.6. The highest BCUT2D eigenvalue weighted by Crippen LogP contribution is 2.22. The van der Waals surface area contributed by atoms with E-state index < -0.39 is 5.97 Å². The first kappa shape index (κ1) is 23.2. The summed E-state index contributed by atoms with van der Waals surface area (Å²) < 4.78 is 10.8. The number of rotatable bonds is 10. The highest BCUT2D eigenvalue weighted by molar-refractivity contribution is 9.10. The summed E-state index contributed by atoms with van der Waals surface area (Å²) >= 11 is 3.42. The highest BCUT2D eigenvalue weighted by Gasteiger charge is 2.16. The average Bonchev–Trinajstić information content (AvgIpc) is 2.77. The molecule has 1 unspecified atom stereocenters. The summed E-state index contributed by atoms with van der Waals surface area (Å²) in [5, 5.41) is 7.92. The molecule has 0 aliphatic rings. The van der Waals surface area contributed by atoms with E-state index in [1.165, 1.54) is 27.6 Å². The van der Waals surface area contributed by atoms with Crippen molar-refractivity contribution >= 4 is 39.9 Å². The first-order valence-corrected chi connectivity index (χ1v) is 9.77. The topological polar surface area (TPSA) is 78.7 Å². The molecular weight excluding hydrogens is 452 g/mol. The lowest BCUT2D eigenvalue weighted by Gasteiger charge is -2.11. The molecular formula is C22H23BrN2O5. The van der Waals surface area contributed by atoms with Gasteiger partial charge in [-0.15, -0.1) is 0 Å². The van der Waals surface area contributed by atoms with E-state index in [-0.39, 0.29) is 12.5 Å². The van der Waals surface area contributed by atoms with E-state index in [1.807, 2.05) is 42.5 Å². The third-order valence-electron chi connectivity index (χ3n) is 4.05. The minimum atomic E-state index is -0.501. The SMILES string of the molecule is COC=C(C(=O)OC)c1ccccc1CON=CC(C=NOC)c1ccc(Br)cc1. The smallest absolute Gasteiger partial charge is 0.341 e. The molecule has 7 nitrogen and oxygen atoms in total. The van der Waals surface area contributed by atoms with Gasteiger partial charge in [-0.05, 0) is 23.3 Å². The van der Waals surface area contributed by atoms with Gasteiger partial charge in [-0.25, -0.2) is 4.79 Å². The Labute approximate surface area is 184 Å². The molecule has 0 heterocycles. The number of methoxy groups -OCH3 is 2. The molecule has 0 saturated heterocycles. The van der Waals surface area contributed by atoms with Gasteiger partial charge in [0.15, 0.2) is 0 Å². The summed E-state index contributed by atoms with van der Waals surface area (Å²) in [6, 6.07) is 15.1. The summed E-state index contributed by atoms with van der Waals surface area (Å²) in [6.07, 6.45) is 4.60. The van der Waals surface area contributed by atoms with Crippen LogP contribution in [-0.4, -0.2) is 39.7 Å². The van der Waals surface area contributed by atoms with Gasteiger partial charge in [0.25, 0.3) is 0 Å². The Balaban J connectivity index is 2.15. The van der Waals surface area contributed by atoms with Gasteiger partial charge in [-0.1, -0.05) is 62.6 Å². The van der Waals surface area contributed by atoms with Crippen molar-refractivity contribution in [1.82, 2.24) is 0 Å². The summed E-state index contributed by atoms with van der Waals surface area (Å²) in [4.78, 5) is 22.4. The normalized spacial score (nSPS) is 12.7. The van der Waals surface area contributed by atoms with Crippen molar-refractivity contribution in [1.29, 1.82) is 0 Å². The second kappa shape index (κ2) is 12.4. The fraction of sp³-hybridized carbons (Fsp3) is 0.227. The Morgan fingerprint density at radius 1 is 1.03 bits per heavy atom. The molecule has 2 aromatic carbocycles. The lowest BCUT2D eigenvalue weighted by Crippen LogP contribution is -2.07. The zero-order valence-electron chi connectivity index (χ0n) is 16.9. The highest BCUT2D eigenvalue weighted by atomic mass is 79.9. The monoisotopic (exact) mass is 474 g/mol. The van der Waals surface area contributed by atoms with Gasteiger partial charge in [0.1, 0.15) is 19.3 Å². The maximum atomic E-state index is 12.1. The number of hydrogen-bond acceptors (Lipinski definition) is 7. The van der Waals surface area contributed by atoms with Crippen LogP contribution in [0.25, 0.3) is 5.57 Å². The summed E-state index contributed by atoms with van der Waals surface area (Å²) in [7, 11) is 4.27. The number of nitrogens with zero attached hydrogens (tertiary/aromatic N) is 2. The molecule has 158 valence electrons. The second-order valence-electron chi connectivity index (χ2n) is 5.96. The Hall–Kier alpha value is -3.13. The summed E-state index contributed by atoms with van der Waals surface area (Å²) in [6.45, 7) is 0.152. The molecule has 0 aliphatic heterocycles. The molecule has 0 saturated carbocycles. The number of oxime groups is 2. The van der Waals surface area contributed by atoms with Gasteiger partial charge in [-0.3, -0.25) is 0 Å². The lowest BCUT2D eigenvalue weighted by molar-refractivity contribution is -0.133. The van der Waals surface area contributed by atoms with Crippen molar-refractivity contribution in [3.63, 3.8) is 0 Å². The number of esters is 1. The molecule has 0 aliphatic carbocycles. The molecule has 2 aromatic rings. The first-order valence-electron chi connectivity index (χ1n) is 8.97. The van der Waals surface area contributed by atoms with Crippen molar-refractivity contribution in [2.24, 2.45) is 10.3 Å². The van der Waals surface area contributed by atoms with E-state index in [9.17, 15) is 4.79 Å². The van der Waals surface area contributed by atoms with Gasteiger partial charge >= 0.3 is 5.97 Å². The van der Waals surface area contributed by atoms with Gasteiger partial charge in [-0.2, -0.15) is 0 Å². The Bertz CT molecular complexity index is 910. The number of benzene rings is 2. The quantitative estimate of drug-likeness (QED) is 0.166. The lowest BCUT2D eigenvalue weighted by atomic mass is 10.0. The predicted molar refractivity (Wildman–Crippen MR) is 119 cm³/mol. The molecule has 0 radical (unpaired) electrons. The largest absolute Gasteiger partial charge is 0.503 e. The molecule has 0 N–H and O–H groups in total. The molecule has 1 atom stereocenters. The van der Waals surface area contributed by atoms with E-state index >= 15 is 0 Å². The third kappa shape index (κ3) is 6.73. The van der Waals surface area contributed by atoms with Crippen LogP contribution in [0, 0.1) is 0 Å².